The predicted octanol–water partition coefficient (Wildman–Crippen LogP) is 3.53. The molecule has 0 N–H and O–H groups in total. The summed E-state index contributed by atoms with van der Waals surface area (Å²) in [5, 5.41) is 0. The molecule has 2 aromatic rings. The third kappa shape index (κ3) is 1.92. The lowest BCUT2D eigenvalue weighted by molar-refractivity contribution is -0.116. The number of aromatic nitrogens is 1. The van der Waals surface area contributed by atoms with Gasteiger partial charge < -0.3 is 9.20 Å². The standard InChI is InChI=1S/C13H14BrNO/c1-9(16)6-7-11-10(2)13(14)12-5-3-4-8-15(11)12/h3-5,8H,6-7H2,1-2H3. The number of Topliss-reactive ketones (excluding diaryl/α,β-unsaturated/α-hetero) is 1. The highest BCUT2D eigenvalue weighted by atomic mass is 79.9. The lowest BCUT2D eigenvalue weighted by Crippen LogP contribution is -1.99. The summed E-state index contributed by atoms with van der Waals surface area (Å²) in [6.45, 7) is 3.73. The molecule has 0 saturated carbocycles. The highest BCUT2D eigenvalue weighted by Gasteiger charge is 2.12. The number of carbonyl (C=O) groups is 1. The van der Waals surface area contributed by atoms with Crippen molar-refractivity contribution in [3.8, 4) is 0 Å². The van der Waals surface area contributed by atoms with Gasteiger partial charge in [0.25, 0.3) is 0 Å². The molecule has 16 heavy (non-hydrogen) atoms. The van der Waals surface area contributed by atoms with E-state index in [1.807, 2.05) is 18.3 Å². The van der Waals surface area contributed by atoms with Crippen LogP contribution in [0.1, 0.15) is 24.6 Å². The maximum atomic E-state index is 11.1. The van der Waals surface area contributed by atoms with E-state index in [1.165, 1.54) is 16.8 Å². The zero-order chi connectivity index (χ0) is 11.7. The lowest BCUT2D eigenvalue weighted by atomic mass is 10.1. The minimum absolute atomic E-state index is 0.237. The number of nitrogens with zero attached hydrogens (tertiary/aromatic N) is 1. The number of fused-ring (bicyclic) bond motifs is 1. The van der Waals surface area contributed by atoms with Gasteiger partial charge in [0.1, 0.15) is 5.78 Å². The molecule has 0 aromatic carbocycles. The van der Waals surface area contributed by atoms with Crippen LogP contribution in [0.15, 0.2) is 28.9 Å². The molecule has 0 amide bonds. The average Bonchev–Trinajstić information content (AvgIpc) is 2.50. The second-order valence-corrected chi connectivity index (χ2v) is 4.84. The molecule has 0 saturated heterocycles. The minimum atomic E-state index is 0.237. The fourth-order valence-electron chi connectivity index (χ4n) is 1.96. The maximum Gasteiger partial charge on any atom is 0.130 e. The summed E-state index contributed by atoms with van der Waals surface area (Å²) in [6.07, 6.45) is 3.45. The number of ketones is 1. The van der Waals surface area contributed by atoms with Crippen molar-refractivity contribution in [1.82, 2.24) is 4.40 Å². The Morgan fingerprint density at radius 1 is 1.44 bits per heavy atom. The van der Waals surface area contributed by atoms with E-state index in [-0.39, 0.29) is 5.78 Å². The Labute approximate surface area is 103 Å². The highest BCUT2D eigenvalue weighted by Crippen LogP contribution is 2.28. The van der Waals surface area contributed by atoms with E-state index in [4.69, 9.17) is 0 Å². The summed E-state index contributed by atoms with van der Waals surface area (Å²) in [7, 11) is 0. The molecule has 0 radical (unpaired) electrons. The molecular formula is C13H14BrNO. The Balaban J connectivity index is 2.51. The number of hydrogen-bond acceptors (Lipinski definition) is 1. The van der Waals surface area contributed by atoms with Gasteiger partial charge in [-0.25, -0.2) is 0 Å². The Morgan fingerprint density at radius 2 is 2.19 bits per heavy atom. The lowest BCUT2D eigenvalue weighted by Gasteiger charge is -2.02. The molecule has 2 nitrogen and oxygen atoms in total. The SMILES string of the molecule is CC(=O)CCc1c(C)c(Br)c2ccccn12. The maximum absolute atomic E-state index is 11.1. The number of aryl methyl sites for hydroxylation is 1. The second-order valence-electron chi connectivity index (χ2n) is 4.04. The first-order chi connectivity index (χ1) is 7.61. The molecule has 84 valence electrons. The summed E-state index contributed by atoms with van der Waals surface area (Å²) < 4.78 is 3.29. The summed E-state index contributed by atoms with van der Waals surface area (Å²) in [6, 6.07) is 6.11. The van der Waals surface area contributed by atoms with Crippen LogP contribution in [0.2, 0.25) is 0 Å². The van der Waals surface area contributed by atoms with Crippen molar-refractivity contribution in [1.29, 1.82) is 0 Å². The van der Waals surface area contributed by atoms with Gasteiger partial charge in [0.15, 0.2) is 0 Å². The van der Waals surface area contributed by atoms with Crippen molar-refractivity contribution in [2.75, 3.05) is 0 Å². The third-order valence-corrected chi connectivity index (χ3v) is 3.85. The van der Waals surface area contributed by atoms with E-state index < -0.39 is 0 Å². The first kappa shape index (κ1) is 11.4. The fourth-order valence-corrected chi connectivity index (χ4v) is 2.51. The van der Waals surface area contributed by atoms with Gasteiger partial charge in [-0.1, -0.05) is 6.07 Å². The van der Waals surface area contributed by atoms with Gasteiger partial charge in [0.05, 0.1) is 5.52 Å². The third-order valence-electron chi connectivity index (χ3n) is 2.85. The summed E-state index contributed by atoms with van der Waals surface area (Å²) in [5.41, 5.74) is 3.61. The number of hydrogen-bond donors (Lipinski definition) is 0. The molecule has 0 fully saturated rings. The van der Waals surface area contributed by atoms with E-state index in [2.05, 4.69) is 33.3 Å². The molecule has 2 heterocycles. The van der Waals surface area contributed by atoms with Crippen LogP contribution in [0.3, 0.4) is 0 Å². The predicted molar refractivity (Wildman–Crippen MR) is 68.8 cm³/mol. The number of halogens is 1. The van der Waals surface area contributed by atoms with Gasteiger partial charge >= 0.3 is 0 Å². The van der Waals surface area contributed by atoms with Gasteiger partial charge in [-0.2, -0.15) is 0 Å². The molecular weight excluding hydrogens is 266 g/mol. The van der Waals surface area contributed by atoms with Crippen LogP contribution in [0.5, 0.6) is 0 Å². The van der Waals surface area contributed by atoms with Crippen molar-refractivity contribution < 1.29 is 4.79 Å². The van der Waals surface area contributed by atoms with E-state index in [0.29, 0.717) is 6.42 Å². The first-order valence-corrected chi connectivity index (χ1v) is 6.14. The van der Waals surface area contributed by atoms with Crippen LogP contribution in [-0.2, 0) is 11.2 Å². The van der Waals surface area contributed by atoms with Crippen LogP contribution in [0, 0.1) is 6.92 Å². The Bertz CT molecular complexity index is 542. The molecule has 0 aliphatic heterocycles. The number of rotatable bonds is 3. The normalized spacial score (nSPS) is 10.9. The van der Waals surface area contributed by atoms with Crippen LogP contribution in [0.4, 0.5) is 0 Å². The summed E-state index contributed by atoms with van der Waals surface area (Å²) >= 11 is 3.60. The van der Waals surface area contributed by atoms with Crippen molar-refractivity contribution in [3.05, 3.63) is 40.1 Å². The molecule has 0 aliphatic carbocycles. The largest absolute Gasteiger partial charge is 0.319 e. The van der Waals surface area contributed by atoms with Crippen LogP contribution in [-0.4, -0.2) is 10.2 Å². The number of pyridine rings is 1. The first-order valence-electron chi connectivity index (χ1n) is 5.34. The van der Waals surface area contributed by atoms with Gasteiger partial charge in [-0.15, -0.1) is 0 Å². The van der Waals surface area contributed by atoms with Gasteiger partial charge in [-0.05, 0) is 53.9 Å². The smallest absolute Gasteiger partial charge is 0.130 e. The molecule has 2 rings (SSSR count). The second kappa shape index (κ2) is 4.42. The van der Waals surface area contributed by atoms with E-state index >= 15 is 0 Å². The van der Waals surface area contributed by atoms with E-state index in [9.17, 15) is 4.79 Å². The summed E-state index contributed by atoms with van der Waals surface area (Å²) in [5.74, 6) is 0.237. The molecule has 0 atom stereocenters. The average molecular weight is 280 g/mol. The Hall–Kier alpha value is -1.09. The fraction of sp³-hybridized carbons (Fsp3) is 0.308. The van der Waals surface area contributed by atoms with Crippen LogP contribution in [0.25, 0.3) is 5.52 Å². The highest BCUT2D eigenvalue weighted by molar-refractivity contribution is 9.10. The van der Waals surface area contributed by atoms with Crippen molar-refractivity contribution in [2.24, 2.45) is 0 Å². The van der Waals surface area contributed by atoms with Crippen molar-refractivity contribution in [2.45, 2.75) is 26.7 Å². The monoisotopic (exact) mass is 279 g/mol. The quantitative estimate of drug-likeness (QED) is 0.842. The number of carbonyl (C=O) groups excluding carboxylic acids is 1. The topological polar surface area (TPSA) is 21.5 Å². The Morgan fingerprint density at radius 3 is 2.88 bits per heavy atom. The molecule has 3 heteroatoms. The molecule has 0 aliphatic rings. The van der Waals surface area contributed by atoms with E-state index in [0.717, 1.165) is 10.9 Å². The van der Waals surface area contributed by atoms with Crippen LogP contribution < -0.4 is 0 Å². The van der Waals surface area contributed by atoms with Crippen molar-refractivity contribution in [3.63, 3.8) is 0 Å². The molecule has 0 bridgehead atoms. The molecule has 0 unspecified atom stereocenters. The summed E-state index contributed by atoms with van der Waals surface area (Å²) in [4.78, 5) is 11.1. The Kier molecular flexibility index (Phi) is 3.15. The van der Waals surface area contributed by atoms with E-state index in [1.54, 1.807) is 6.92 Å². The van der Waals surface area contributed by atoms with Gasteiger partial charge in [0, 0.05) is 22.8 Å². The molecule has 0 spiro atoms. The minimum Gasteiger partial charge on any atom is -0.319 e. The van der Waals surface area contributed by atoms with Gasteiger partial charge in [0.2, 0.25) is 0 Å². The van der Waals surface area contributed by atoms with Crippen LogP contribution >= 0.6 is 15.9 Å². The van der Waals surface area contributed by atoms with Gasteiger partial charge in [-0.3, -0.25) is 0 Å². The zero-order valence-electron chi connectivity index (χ0n) is 9.46. The van der Waals surface area contributed by atoms with Crippen molar-refractivity contribution >= 4 is 27.2 Å². The molecule has 2 aromatic heterocycles. The zero-order valence-corrected chi connectivity index (χ0v) is 11.0.